The first-order chi connectivity index (χ1) is 7.69. The van der Waals surface area contributed by atoms with Crippen molar-refractivity contribution in [2.45, 2.75) is 12.5 Å². The van der Waals surface area contributed by atoms with Gasteiger partial charge in [-0.25, -0.2) is 0 Å². The highest BCUT2D eigenvalue weighted by molar-refractivity contribution is 5.93. The molecule has 1 aromatic rings. The maximum absolute atomic E-state index is 11.7. The fourth-order valence-electron chi connectivity index (χ4n) is 1.81. The van der Waals surface area contributed by atoms with Gasteiger partial charge in [0, 0.05) is 32.4 Å². The Kier molecular flexibility index (Phi) is 2.89. The van der Waals surface area contributed by atoms with Gasteiger partial charge in [0.1, 0.15) is 0 Å². The minimum absolute atomic E-state index is 0.0536. The lowest BCUT2D eigenvalue weighted by molar-refractivity contribution is -0.117. The Bertz CT molecular complexity index is 401. The molecule has 1 unspecified atom stereocenters. The van der Waals surface area contributed by atoms with Crippen LogP contribution in [-0.4, -0.2) is 46.1 Å². The summed E-state index contributed by atoms with van der Waals surface area (Å²) >= 11 is 0. The fraction of sp³-hybridized carbons (Fsp3) is 0.500. The van der Waals surface area contributed by atoms with Gasteiger partial charge in [0.05, 0.1) is 11.8 Å². The summed E-state index contributed by atoms with van der Waals surface area (Å²) in [5.41, 5.74) is 0.548. The number of hydrogen-bond donors (Lipinski definition) is 1. The van der Waals surface area contributed by atoms with E-state index in [0.717, 1.165) is 12.8 Å². The third-order valence-electron chi connectivity index (χ3n) is 2.67. The van der Waals surface area contributed by atoms with Gasteiger partial charge in [-0.15, -0.1) is 0 Å². The van der Waals surface area contributed by atoms with Crippen molar-refractivity contribution in [1.82, 2.24) is 20.0 Å². The number of aromatic nitrogens is 2. The molecule has 1 atom stereocenters. The maximum Gasteiger partial charge on any atom is 0.254 e. The van der Waals surface area contributed by atoms with Crippen LogP contribution in [-0.2, 0) is 11.8 Å². The predicted molar refractivity (Wildman–Crippen MR) is 56.7 cm³/mol. The zero-order valence-electron chi connectivity index (χ0n) is 9.09. The van der Waals surface area contributed by atoms with Crippen molar-refractivity contribution < 1.29 is 9.59 Å². The Hall–Kier alpha value is -1.85. The Morgan fingerprint density at radius 3 is 3.06 bits per heavy atom. The lowest BCUT2D eigenvalue weighted by Crippen LogP contribution is -2.36. The second-order valence-electron chi connectivity index (χ2n) is 3.96. The molecule has 0 saturated carbocycles. The highest BCUT2D eigenvalue weighted by Gasteiger charge is 2.23. The van der Waals surface area contributed by atoms with Crippen LogP contribution in [0.1, 0.15) is 16.8 Å². The molecule has 1 aliphatic heterocycles. The second kappa shape index (κ2) is 4.34. The van der Waals surface area contributed by atoms with E-state index in [0.29, 0.717) is 18.7 Å². The third kappa shape index (κ3) is 2.21. The third-order valence-corrected chi connectivity index (χ3v) is 2.67. The van der Waals surface area contributed by atoms with Crippen molar-refractivity contribution in [2.75, 3.05) is 13.1 Å². The van der Waals surface area contributed by atoms with Crippen molar-refractivity contribution in [3.63, 3.8) is 0 Å². The number of rotatable bonds is 3. The predicted octanol–water partition coefficient (Wildman–Crippen LogP) is -0.619. The molecule has 0 radical (unpaired) electrons. The van der Waals surface area contributed by atoms with Crippen LogP contribution in [0, 0.1) is 0 Å². The van der Waals surface area contributed by atoms with Crippen molar-refractivity contribution in [2.24, 2.45) is 7.05 Å². The summed E-state index contributed by atoms with van der Waals surface area (Å²) in [4.78, 5) is 23.9. The Morgan fingerprint density at radius 2 is 2.50 bits per heavy atom. The highest BCUT2D eigenvalue weighted by Crippen LogP contribution is 2.07. The summed E-state index contributed by atoms with van der Waals surface area (Å²) in [6.07, 6.45) is 4.82. The van der Waals surface area contributed by atoms with Gasteiger partial charge < -0.3 is 10.2 Å². The smallest absolute Gasteiger partial charge is 0.254 e. The van der Waals surface area contributed by atoms with Crippen LogP contribution >= 0.6 is 0 Å². The van der Waals surface area contributed by atoms with E-state index in [-0.39, 0.29) is 11.9 Å². The van der Waals surface area contributed by atoms with Gasteiger partial charge in [0.15, 0.2) is 0 Å². The van der Waals surface area contributed by atoms with Crippen molar-refractivity contribution in [3.8, 4) is 0 Å². The monoisotopic (exact) mass is 222 g/mol. The van der Waals surface area contributed by atoms with E-state index >= 15 is 0 Å². The summed E-state index contributed by atoms with van der Waals surface area (Å²) in [5.74, 6) is -0.133. The van der Waals surface area contributed by atoms with Crippen LogP contribution in [0.5, 0.6) is 0 Å². The van der Waals surface area contributed by atoms with Crippen LogP contribution in [0.2, 0.25) is 0 Å². The van der Waals surface area contributed by atoms with E-state index in [2.05, 4.69) is 10.4 Å². The maximum atomic E-state index is 11.7. The molecule has 16 heavy (non-hydrogen) atoms. The summed E-state index contributed by atoms with van der Waals surface area (Å²) in [6.45, 7) is 1.30. The first-order valence-corrected chi connectivity index (χ1v) is 5.18. The molecule has 0 bridgehead atoms. The van der Waals surface area contributed by atoms with Gasteiger partial charge in [-0.2, -0.15) is 5.10 Å². The summed E-state index contributed by atoms with van der Waals surface area (Å²) in [5, 5.41) is 6.81. The van der Waals surface area contributed by atoms with Gasteiger partial charge in [-0.1, -0.05) is 0 Å². The molecule has 1 fully saturated rings. The molecule has 2 amide bonds. The number of nitrogens with one attached hydrogen (secondary N) is 1. The quantitative estimate of drug-likeness (QED) is 0.693. The molecule has 1 N–H and O–H groups in total. The van der Waals surface area contributed by atoms with E-state index in [4.69, 9.17) is 0 Å². The molecule has 6 nitrogen and oxygen atoms in total. The summed E-state index contributed by atoms with van der Waals surface area (Å²) < 4.78 is 1.58. The Morgan fingerprint density at radius 1 is 1.69 bits per heavy atom. The molecular weight excluding hydrogens is 208 g/mol. The number of carbonyl (C=O) groups excluding carboxylic acids is 2. The average molecular weight is 222 g/mol. The molecule has 2 heterocycles. The lowest BCUT2D eigenvalue weighted by atomic mass is 10.2. The number of amides is 2. The van der Waals surface area contributed by atoms with Crippen molar-refractivity contribution in [3.05, 3.63) is 18.0 Å². The molecule has 6 heteroatoms. The number of aryl methyl sites for hydroxylation is 1. The van der Waals surface area contributed by atoms with Crippen LogP contribution in [0.4, 0.5) is 0 Å². The van der Waals surface area contributed by atoms with Crippen LogP contribution in [0.25, 0.3) is 0 Å². The number of hydrogen-bond acceptors (Lipinski definition) is 3. The standard InChI is InChI=1S/C10H14N4O2/c1-13-5-8(4-11-13)10(16)12-9-2-3-14(6-9)7-15/h4-5,7,9H,2-3,6H2,1H3,(H,12,16). The van der Waals surface area contributed by atoms with Crippen LogP contribution in [0.3, 0.4) is 0 Å². The number of carbonyl (C=O) groups is 2. The first-order valence-electron chi connectivity index (χ1n) is 5.18. The average Bonchev–Trinajstić information content (AvgIpc) is 2.87. The summed E-state index contributed by atoms with van der Waals surface area (Å²) in [6, 6.07) is 0.0536. The van der Waals surface area contributed by atoms with Crippen molar-refractivity contribution in [1.29, 1.82) is 0 Å². The molecule has 0 aromatic carbocycles. The molecular formula is C10H14N4O2. The van der Waals surface area contributed by atoms with E-state index < -0.39 is 0 Å². The lowest BCUT2D eigenvalue weighted by Gasteiger charge is -2.11. The minimum atomic E-state index is -0.133. The normalized spacial score (nSPS) is 19.8. The highest BCUT2D eigenvalue weighted by atomic mass is 16.2. The van der Waals surface area contributed by atoms with Gasteiger partial charge in [0.25, 0.3) is 5.91 Å². The molecule has 1 saturated heterocycles. The molecule has 1 aromatic heterocycles. The van der Waals surface area contributed by atoms with Gasteiger partial charge >= 0.3 is 0 Å². The first kappa shape index (κ1) is 10.7. The minimum Gasteiger partial charge on any atom is -0.347 e. The van der Waals surface area contributed by atoms with Crippen LogP contribution in [0.15, 0.2) is 12.4 Å². The van der Waals surface area contributed by atoms with E-state index in [9.17, 15) is 9.59 Å². The molecule has 86 valence electrons. The Balaban J connectivity index is 1.91. The largest absolute Gasteiger partial charge is 0.347 e. The van der Waals surface area contributed by atoms with E-state index in [1.807, 2.05) is 0 Å². The van der Waals surface area contributed by atoms with E-state index in [1.165, 1.54) is 6.20 Å². The molecule has 1 aliphatic rings. The SMILES string of the molecule is Cn1cc(C(=O)NC2CCN(C=O)C2)cn1. The topological polar surface area (TPSA) is 67.2 Å². The molecule has 0 aliphatic carbocycles. The Labute approximate surface area is 93.2 Å². The summed E-state index contributed by atoms with van der Waals surface area (Å²) in [7, 11) is 1.76. The van der Waals surface area contributed by atoms with Crippen molar-refractivity contribution >= 4 is 12.3 Å². The number of likely N-dealkylation sites (tertiary alicyclic amines) is 1. The zero-order valence-corrected chi connectivity index (χ0v) is 9.09. The van der Waals surface area contributed by atoms with E-state index in [1.54, 1.807) is 22.8 Å². The zero-order chi connectivity index (χ0) is 11.5. The second-order valence-corrected chi connectivity index (χ2v) is 3.96. The van der Waals surface area contributed by atoms with Crippen LogP contribution < -0.4 is 5.32 Å². The molecule has 2 rings (SSSR count). The van der Waals surface area contributed by atoms with Gasteiger partial charge in [-0.05, 0) is 6.42 Å². The van der Waals surface area contributed by atoms with Gasteiger partial charge in [0.2, 0.25) is 6.41 Å². The van der Waals surface area contributed by atoms with Gasteiger partial charge in [-0.3, -0.25) is 14.3 Å². The fourth-order valence-corrected chi connectivity index (χ4v) is 1.81. The number of nitrogens with zero attached hydrogens (tertiary/aromatic N) is 3. The molecule has 0 spiro atoms.